The minimum absolute atomic E-state index is 0.147. The summed E-state index contributed by atoms with van der Waals surface area (Å²) in [4.78, 5) is 13.7. The van der Waals surface area contributed by atoms with Crippen LogP contribution in [0.25, 0.3) is 0 Å². The van der Waals surface area contributed by atoms with E-state index in [1.807, 2.05) is 11.9 Å². The molecule has 0 aliphatic rings. The zero-order valence-electron chi connectivity index (χ0n) is 10.8. The molecule has 0 aromatic heterocycles. The Morgan fingerprint density at radius 2 is 2.26 bits per heavy atom. The fourth-order valence-corrected chi connectivity index (χ4v) is 1.75. The van der Waals surface area contributed by atoms with E-state index in [-0.39, 0.29) is 12.5 Å². The molecular formula is C13H16Cl2N2O2. The maximum atomic E-state index is 11.9. The van der Waals surface area contributed by atoms with Gasteiger partial charge in [0.15, 0.2) is 0 Å². The number of anilines is 1. The summed E-state index contributed by atoms with van der Waals surface area (Å²) >= 11 is 11.3. The molecule has 0 aliphatic carbocycles. The molecule has 1 aromatic rings. The number of ether oxygens (including phenoxy) is 1. The number of halogens is 2. The predicted octanol–water partition coefficient (Wildman–Crippen LogP) is 2.97. The topological polar surface area (TPSA) is 41.6 Å². The molecule has 1 aromatic carbocycles. The molecule has 0 aliphatic heterocycles. The van der Waals surface area contributed by atoms with E-state index in [0.29, 0.717) is 23.0 Å². The number of nitrogens with one attached hydrogen (secondary N) is 1. The molecule has 0 bridgehead atoms. The first-order valence-electron chi connectivity index (χ1n) is 5.64. The molecule has 0 atom stereocenters. The number of methoxy groups -OCH3 is 1. The van der Waals surface area contributed by atoms with Gasteiger partial charge in [-0.2, -0.15) is 0 Å². The molecule has 1 rings (SSSR count). The minimum Gasteiger partial charge on any atom is -0.495 e. The Balaban J connectivity index is 2.63. The van der Waals surface area contributed by atoms with E-state index < -0.39 is 0 Å². The third kappa shape index (κ3) is 5.51. The zero-order valence-corrected chi connectivity index (χ0v) is 12.3. The van der Waals surface area contributed by atoms with E-state index in [2.05, 4.69) is 5.32 Å². The van der Waals surface area contributed by atoms with Crippen LogP contribution in [0.3, 0.4) is 0 Å². The van der Waals surface area contributed by atoms with Crippen molar-refractivity contribution >= 4 is 34.8 Å². The summed E-state index contributed by atoms with van der Waals surface area (Å²) in [5.41, 5.74) is 1.98. The summed E-state index contributed by atoms with van der Waals surface area (Å²) in [6.45, 7) is 0.848. The van der Waals surface area contributed by atoms with Gasteiger partial charge in [0.2, 0.25) is 5.91 Å². The first-order chi connectivity index (χ1) is 9.06. The first-order valence-corrected chi connectivity index (χ1v) is 6.45. The van der Waals surface area contributed by atoms with Gasteiger partial charge in [-0.3, -0.25) is 9.69 Å². The van der Waals surface area contributed by atoms with Crippen LogP contribution < -0.4 is 10.1 Å². The summed E-state index contributed by atoms with van der Waals surface area (Å²) < 4.78 is 5.16. The van der Waals surface area contributed by atoms with Gasteiger partial charge in [0.1, 0.15) is 5.75 Å². The van der Waals surface area contributed by atoms with Crippen molar-refractivity contribution in [2.45, 2.75) is 0 Å². The van der Waals surface area contributed by atoms with Crippen molar-refractivity contribution in [2.75, 3.05) is 32.6 Å². The molecule has 0 unspecified atom stereocenters. The van der Waals surface area contributed by atoms with Crippen molar-refractivity contribution in [3.05, 3.63) is 34.8 Å². The van der Waals surface area contributed by atoms with Crippen molar-refractivity contribution in [2.24, 2.45) is 0 Å². The quantitative estimate of drug-likeness (QED) is 0.878. The fraction of sp³-hybridized carbons (Fsp3) is 0.308. The molecular weight excluding hydrogens is 287 g/mol. The molecule has 0 spiro atoms. The SMILES string of the molecule is COc1ccc(Cl)cc1NC(=O)CN(C)C/C=C/Cl. The molecule has 0 heterocycles. The number of benzene rings is 1. The lowest BCUT2D eigenvalue weighted by Crippen LogP contribution is -2.30. The number of amides is 1. The van der Waals surface area contributed by atoms with Crippen LogP contribution in [0.1, 0.15) is 0 Å². The maximum absolute atomic E-state index is 11.9. The van der Waals surface area contributed by atoms with Gasteiger partial charge in [-0.05, 0) is 25.2 Å². The highest BCUT2D eigenvalue weighted by Crippen LogP contribution is 2.27. The Morgan fingerprint density at radius 3 is 2.89 bits per heavy atom. The molecule has 1 N–H and O–H groups in total. The molecule has 6 heteroatoms. The van der Waals surface area contributed by atoms with E-state index in [1.165, 1.54) is 12.6 Å². The van der Waals surface area contributed by atoms with Gasteiger partial charge in [0, 0.05) is 17.1 Å². The zero-order chi connectivity index (χ0) is 14.3. The highest BCUT2D eigenvalue weighted by Gasteiger charge is 2.10. The molecule has 104 valence electrons. The Bertz CT molecular complexity index is 464. The van der Waals surface area contributed by atoms with Crippen LogP contribution in [-0.2, 0) is 4.79 Å². The number of carbonyl (C=O) groups is 1. The number of likely N-dealkylation sites (N-methyl/N-ethyl adjacent to an activating group) is 1. The summed E-state index contributed by atoms with van der Waals surface area (Å²) in [7, 11) is 3.36. The van der Waals surface area contributed by atoms with Gasteiger partial charge >= 0.3 is 0 Å². The molecule has 0 fully saturated rings. The highest BCUT2D eigenvalue weighted by molar-refractivity contribution is 6.31. The molecule has 4 nitrogen and oxygen atoms in total. The van der Waals surface area contributed by atoms with Crippen LogP contribution in [0.2, 0.25) is 5.02 Å². The predicted molar refractivity (Wildman–Crippen MR) is 79.1 cm³/mol. The second kappa shape index (κ2) is 8.04. The molecule has 0 radical (unpaired) electrons. The normalized spacial score (nSPS) is 11.0. The van der Waals surface area contributed by atoms with E-state index >= 15 is 0 Å². The van der Waals surface area contributed by atoms with Crippen LogP contribution in [-0.4, -0.2) is 38.1 Å². The van der Waals surface area contributed by atoms with Gasteiger partial charge in [-0.25, -0.2) is 0 Å². The Kier molecular flexibility index (Phi) is 6.70. The number of hydrogen-bond acceptors (Lipinski definition) is 3. The van der Waals surface area contributed by atoms with Gasteiger partial charge < -0.3 is 10.1 Å². The van der Waals surface area contributed by atoms with E-state index in [1.54, 1.807) is 24.3 Å². The minimum atomic E-state index is -0.147. The average Bonchev–Trinajstić information content (AvgIpc) is 2.36. The van der Waals surface area contributed by atoms with Gasteiger partial charge in [0.25, 0.3) is 0 Å². The summed E-state index contributed by atoms with van der Waals surface area (Å²) in [6, 6.07) is 5.06. The lowest BCUT2D eigenvalue weighted by Gasteiger charge is -2.15. The standard InChI is InChI=1S/C13H16Cl2N2O2/c1-17(7-3-6-14)9-13(18)16-11-8-10(15)4-5-12(11)19-2/h3-6,8H,7,9H2,1-2H3,(H,16,18)/b6-3+. The van der Waals surface area contributed by atoms with Crippen molar-refractivity contribution < 1.29 is 9.53 Å². The number of carbonyl (C=O) groups excluding carboxylic acids is 1. The van der Waals surface area contributed by atoms with Gasteiger partial charge in [-0.1, -0.05) is 29.3 Å². The number of hydrogen-bond donors (Lipinski definition) is 1. The first kappa shape index (κ1) is 15.8. The maximum Gasteiger partial charge on any atom is 0.238 e. The smallest absolute Gasteiger partial charge is 0.238 e. The monoisotopic (exact) mass is 302 g/mol. The average molecular weight is 303 g/mol. The van der Waals surface area contributed by atoms with Gasteiger partial charge in [0.05, 0.1) is 19.3 Å². The second-order valence-corrected chi connectivity index (χ2v) is 4.64. The Labute approximate surface area is 122 Å². The Morgan fingerprint density at radius 1 is 1.53 bits per heavy atom. The Hall–Kier alpha value is -1.23. The lowest BCUT2D eigenvalue weighted by molar-refractivity contribution is -0.116. The van der Waals surface area contributed by atoms with Crippen LogP contribution in [0, 0.1) is 0 Å². The number of rotatable bonds is 6. The molecule has 19 heavy (non-hydrogen) atoms. The largest absolute Gasteiger partial charge is 0.495 e. The van der Waals surface area contributed by atoms with E-state index in [0.717, 1.165) is 0 Å². The van der Waals surface area contributed by atoms with Crippen molar-refractivity contribution in [3.8, 4) is 5.75 Å². The third-order valence-electron chi connectivity index (χ3n) is 2.36. The summed E-state index contributed by atoms with van der Waals surface area (Å²) in [5.74, 6) is 0.423. The molecule has 0 saturated carbocycles. The second-order valence-electron chi connectivity index (χ2n) is 3.95. The van der Waals surface area contributed by atoms with Crippen LogP contribution in [0.4, 0.5) is 5.69 Å². The highest BCUT2D eigenvalue weighted by atomic mass is 35.5. The number of nitrogens with zero attached hydrogens (tertiary/aromatic N) is 1. The lowest BCUT2D eigenvalue weighted by atomic mass is 10.3. The molecule has 1 amide bonds. The molecule has 0 saturated heterocycles. The van der Waals surface area contributed by atoms with Crippen LogP contribution in [0.5, 0.6) is 5.75 Å². The summed E-state index contributed by atoms with van der Waals surface area (Å²) in [6.07, 6.45) is 1.76. The van der Waals surface area contributed by atoms with Crippen LogP contribution in [0.15, 0.2) is 29.8 Å². The van der Waals surface area contributed by atoms with Crippen molar-refractivity contribution in [3.63, 3.8) is 0 Å². The fourth-order valence-electron chi connectivity index (χ4n) is 1.50. The van der Waals surface area contributed by atoms with E-state index in [9.17, 15) is 4.79 Å². The van der Waals surface area contributed by atoms with Gasteiger partial charge in [-0.15, -0.1) is 0 Å². The summed E-state index contributed by atoms with van der Waals surface area (Å²) in [5, 5.41) is 3.30. The van der Waals surface area contributed by atoms with Crippen LogP contribution >= 0.6 is 23.2 Å². The van der Waals surface area contributed by atoms with Crippen molar-refractivity contribution in [1.82, 2.24) is 4.90 Å². The van der Waals surface area contributed by atoms with E-state index in [4.69, 9.17) is 27.9 Å². The third-order valence-corrected chi connectivity index (χ3v) is 2.77. The van der Waals surface area contributed by atoms with Crippen molar-refractivity contribution in [1.29, 1.82) is 0 Å².